The Kier molecular flexibility index (Phi) is 11.0. The summed E-state index contributed by atoms with van der Waals surface area (Å²) in [6.07, 6.45) is 1.69. The second-order valence-electron chi connectivity index (χ2n) is 5.28. The molecule has 0 aliphatic heterocycles. The summed E-state index contributed by atoms with van der Waals surface area (Å²) in [5.74, 6) is 1.35. The standard InChI is InChI=1S/C18H23ClN2O4.ClH/c1-23-17-10-14(11-20-6-8-24-9-7-22)2-4-16(17)25-13-15-3-5-18(19)21-12-15;/h2-5,10,12,20,22H,6-9,11,13H2,1H3;1H. The van der Waals surface area contributed by atoms with Crippen molar-refractivity contribution in [2.75, 3.05) is 33.5 Å². The van der Waals surface area contributed by atoms with Crippen LogP contribution in [0.1, 0.15) is 11.1 Å². The van der Waals surface area contributed by atoms with Crippen LogP contribution in [0, 0.1) is 0 Å². The van der Waals surface area contributed by atoms with Crippen molar-refractivity contribution in [2.24, 2.45) is 0 Å². The van der Waals surface area contributed by atoms with Crippen molar-refractivity contribution in [2.45, 2.75) is 13.2 Å². The van der Waals surface area contributed by atoms with Gasteiger partial charge in [-0.05, 0) is 23.8 Å². The molecule has 8 heteroatoms. The molecular weight excluding hydrogens is 379 g/mol. The average molecular weight is 403 g/mol. The first-order valence-electron chi connectivity index (χ1n) is 8.02. The number of methoxy groups -OCH3 is 1. The molecule has 0 atom stereocenters. The normalized spacial score (nSPS) is 10.3. The number of rotatable bonds is 11. The van der Waals surface area contributed by atoms with Gasteiger partial charge in [-0.3, -0.25) is 0 Å². The highest BCUT2D eigenvalue weighted by molar-refractivity contribution is 6.29. The molecule has 1 aromatic heterocycles. The number of hydrogen-bond acceptors (Lipinski definition) is 6. The minimum Gasteiger partial charge on any atom is -0.493 e. The van der Waals surface area contributed by atoms with Gasteiger partial charge in [0.1, 0.15) is 11.8 Å². The molecule has 2 aromatic rings. The predicted molar refractivity (Wildman–Crippen MR) is 103 cm³/mol. The summed E-state index contributed by atoms with van der Waals surface area (Å²) in [7, 11) is 1.62. The van der Waals surface area contributed by atoms with Gasteiger partial charge < -0.3 is 24.6 Å². The van der Waals surface area contributed by atoms with Crippen LogP contribution in [-0.4, -0.2) is 43.6 Å². The lowest BCUT2D eigenvalue weighted by atomic mass is 10.2. The fourth-order valence-electron chi connectivity index (χ4n) is 2.14. The van der Waals surface area contributed by atoms with E-state index in [1.165, 1.54) is 0 Å². The molecule has 0 saturated heterocycles. The molecule has 144 valence electrons. The van der Waals surface area contributed by atoms with Gasteiger partial charge in [0.25, 0.3) is 0 Å². The van der Waals surface area contributed by atoms with Crippen LogP contribution in [0.25, 0.3) is 0 Å². The molecule has 1 heterocycles. The number of nitrogens with one attached hydrogen (secondary N) is 1. The van der Waals surface area contributed by atoms with E-state index in [2.05, 4.69) is 10.3 Å². The molecule has 6 nitrogen and oxygen atoms in total. The highest BCUT2D eigenvalue weighted by Gasteiger charge is 2.06. The number of aliphatic hydroxyl groups is 1. The largest absolute Gasteiger partial charge is 0.493 e. The summed E-state index contributed by atoms with van der Waals surface area (Å²) in [4.78, 5) is 4.03. The van der Waals surface area contributed by atoms with Gasteiger partial charge >= 0.3 is 0 Å². The zero-order valence-corrected chi connectivity index (χ0v) is 16.2. The summed E-state index contributed by atoms with van der Waals surface area (Å²) in [5, 5.41) is 12.4. The summed E-state index contributed by atoms with van der Waals surface area (Å²) in [6, 6.07) is 9.42. The number of ether oxygens (including phenoxy) is 3. The molecule has 26 heavy (non-hydrogen) atoms. The van der Waals surface area contributed by atoms with Gasteiger partial charge in [0, 0.05) is 24.8 Å². The van der Waals surface area contributed by atoms with Crippen LogP contribution in [0.3, 0.4) is 0 Å². The third kappa shape index (κ3) is 7.76. The molecule has 0 fully saturated rings. The van der Waals surface area contributed by atoms with Crippen LogP contribution in [0.5, 0.6) is 11.5 Å². The smallest absolute Gasteiger partial charge is 0.161 e. The Bertz CT molecular complexity index is 642. The van der Waals surface area contributed by atoms with E-state index < -0.39 is 0 Å². The highest BCUT2D eigenvalue weighted by atomic mass is 35.5. The van der Waals surface area contributed by atoms with Gasteiger partial charge in [-0.1, -0.05) is 23.7 Å². The van der Waals surface area contributed by atoms with Crippen LogP contribution in [0.4, 0.5) is 0 Å². The second kappa shape index (κ2) is 12.7. The SMILES string of the molecule is COc1cc(CNCCOCCO)ccc1OCc1ccc(Cl)nc1.Cl. The van der Waals surface area contributed by atoms with Crippen molar-refractivity contribution in [3.8, 4) is 11.5 Å². The first kappa shape index (κ1) is 22.5. The summed E-state index contributed by atoms with van der Waals surface area (Å²) < 4.78 is 16.4. The zero-order chi connectivity index (χ0) is 17.9. The molecule has 0 amide bonds. The van der Waals surface area contributed by atoms with E-state index in [1.54, 1.807) is 19.4 Å². The average Bonchev–Trinajstić information content (AvgIpc) is 2.64. The van der Waals surface area contributed by atoms with E-state index in [0.29, 0.717) is 49.6 Å². The minimum absolute atomic E-state index is 0. The van der Waals surface area contributed by atoms with E-state index in [9.17, 15) is 0 Å². The molecule has 1 aromatic carbocycles. The highest BCUT2D eigenvalue weighted by Crippen LogP contribution is 2.28. The molecule has 0 bridgehead atoms. The Morgan fingerprint density at radius 2 is 1.92 bits per heavy atom. The minimum atomic E-state index is 0. The van der Waals surface area contributed by atoms with Crippen LogP contribution in [0.2, 0.25) is 5.15 Å². The van der Waals surface area contributed by atoms with E-state index in [4.69, 9.17) is 30.9 Å². The Morgan fingerprint density at radius 1 is 1.12 bits per heavy atom. The second-order valence-corrected chi connectivity index (χ2v) is 5.66. The maximum atomic E-state index is 8.63. The van der Waals surface area contributed by atoms with Crippen LogP contribution < -0.4 is 14.8 Å². The number of benzene rings is 1. The van der Waals surface area contributed by atoms with Crippen molar-refractivity contribution in [3.05, 3.63) is 52.8 Å². The molecule has 0 saturated carbocycles. The van der Waals surface area contributed by atoms with Gasteiger partial charge in [0.05, 0.1) is 26.9 Å². The lowest BCUT2D eigenvalue weighted by Crippen LogP contribution is -2.20. The van der Waals surface area contributed by atoms with Crippen LogP contribution in [-0.2, 0) is 17.9 Å². The van der Waals surface area contributed by atoms with Crippen molar-refractivity contribution in [1.82, 2.24) is 10.3 Å². The van der Waals surface area contributed by atoms with Crippen molar-refractivity contribution in [1.29, 1.82) is 0 Å². The Balaban J connectivity index is 0.00000338. The van der Waals surface area contributed by atoms with Gasteiger partial charge in [-0.25, -0.2) is 4.98 Å². The molecule has 2 rings (SSSR count). The maximum absolute atomic E-state index is 8.63. The number of halogens is 2. The molecule has 0 aliphatic carbocycles. The van der Waals surface area contributed by atoms with Crippen LogP contribution >= 0.6 is 24.0 Å². The first-order chi connectivity index (χ1) is 12.2. The van der Waals surface area contributed by atoms with Gasteiger partial charge in [0.2, 0.25) is 0 Å². The molecule has 0 unspecified atom stereocenters. The third-order valence-electron chi connectivity index (χ3n) is 3.40. The van der Waals surface area contributed by atoms with Crippen molar-refractivity contribution in [3.63, 3.8) is 0 Å². The maximum Gasteiger partial charge on any atom is 0.161 e. The lowest BCUT2D eigenvalue weighted by Gasteiger charge is -2.13. The Hall–Kier alpha value is -1.57. The fraction of sp³-hybridized carbons (Fsp3) is 0.389. The van der Waals surface area contributed by atoms with Gasteiger partial charge in [-0.2, -0.15) is 0 Å². The lowest BCUT2D eigenvalue weighted by molar-refractivity contribution is 0.0938. The van der Waals surface area contributed by atoms with Gasteiger partial charge in [0.15, 0.2) is 11.5 Å². The Morgan fingerprint density at radius 3 is 2.62 bits per heavy atom. The first-order valence-corrected chi connectivity index (χ1v) is 8.40. The zero-order valence-electron chi connectivity index (χ0n) is 14.6. The van der Waals surface area contributed by atoms with Crippen molar-refractivity contribution < 1.29 is 19.3 Å². The monoisotopic (exact) mass is 402 g/mol. The molecule has 0 radical (unpaired) electrons. The van der Waals surface area contributed by atoms with E-state index in [0.717, 1.165) is 11.1 Å². The predicted octanol–water partition coefficient (Wildman–Crippen LogP) is 2.84. The van der Waals surface area contributed by atoms with E-state index in [-0.39, 0.29) is 19.0 Å². The number of aliphatic hydroxyl groups excluding tert-OH is 1. The summed E-state index contributed by atoms with van der Waals surface area (Å²) in [5.41, 5.74) is 2.01. The third-order valence-corrected chi connectivity index (χ3v) is 3.62. The summed E-state index contributed by atoms with van der Waals surface area (Å²) in [6.45, 7) is 2.77. The summed E-state index contributed by atoms with van der Waals surface area (Å²) >= 11 is 5.77. The Labute approximate surface area is 164 Å². The molecule has 0 aliphatic rings. The van der Waals surface area contributed by atoms with Gasteiger partial charge in [-0.15, -0.1) is 12.4 Å². The van der Waals surface area contributed by atoms with E-state index in [1.807, 2.05) is 24.3 Å². The fourth-order valence-corrected chi connectivity index (χ4v) is 2.25. The van der Waals surface area contributed by atoms with E-state index >= 15 is 0 Å². The molecular formula is C18H24Cl2N2O4. The quantitative estimate of drug-likeness (QED) is 0.444. The molecule has 2 N–H and O–H groups in total. The number of pyridine rings is 1. The number of hydrogen-bond donors (Lipinski definition) is 2. The van der Waals surface area contributed by atoms with Crippen molar-refractivity contribution >= 4 is 24.0 Å². The number of nitrogens with zero attached hydrogens (tertiary/aromatic N) is 1. The molecule has 0 spiro atoms. The topological polar surface area (TPSA) is 72.8 Å². The number of aromatic nitrogens is 1. The van der Waals surface area contributed by atoms with Crippen LogP contribution in [0.15, 0.2) is 36.5 Å².